The Hall–Kier alpha value is -2.76. The number of nitrogens with zero attached hydrogens (tertiary/aromatic N) is 6. The first-order chi connectivity index (χ1) is 11.9. The highest BCUT2D eigenvalue weighted by Gasteiger charge is 2.23. The highest BCUT2D eigenvalue weighted by Crippen LogP contribution is 2.12. The van der Waals surface area contributed by atoms with E-state index in [2.05, 4.69) is 29.8 Å². The Morgan fingerprint density at radius 1 is 0.708 bits per heavy atom. The van der Waals surface area contributed by atoms with Gasteiger partial charge in [-0.3, -0.25) is 20.0 Å². The molecule has 0 bridgehead atoms. The monoisotopic (exact) mass is 320 g/mol. The molecule has 0 aliphatic carbocycles. The Morgan fingerprint density at radius 3 is 1.62 bits per heavy atom. The van der Waals surface area contributed by atoms with Crippen molar-refractivity contribution in [2.45, 2.75) is 0 Å². The van der Waals surface area contributed by atoms with Gasteiger partial charge < -0.3 is 9.80 Å². The van der Waals surface area contributed by atoms with Crippen molar-refractivity contribution in [3.05, 3.63) is 60.2 Å². The molecule has 4 rings (SSSR count). The molecular formula is C18H20N6. The predicted molar refractivity (Wildman–Crippen MR) is 94.4 cm³/mol. The molecule has 122 valence electrons. The normalized spacial score (nSPS) is 17.2. The molecule has 4 heterocycles. The molecule has 2 aromatic rings. The van der Waals surface area contributed by atoms with Crippen LogP contribution < -0.4 is 0 Å². The van der Waals surface area contributed by atoms with Crippen LogP contribution in [0.15, 0.2) is 58.8 Å². The maximum absolute atomic E-state index is 4.63. The van der Waals surface area contributed by atoms with E-state index in [-0.39, 0.29) is 0 Å². The Kier molecular flexibility index (Phi) is 4.18. The molecule has 0 aromatic carbocycles. The highest BCUT2D eigenvalue weighted by molar-refractivity contribution is 5.99. The summed E-state index contributed by atoms with van der Waals surface area (Å²) in [4.78, 5) is 22.8. The number of pyridine rings is 2. The third-order valence-electron chi connectivity index (χ3n) is 4.29. The zero-order chi connectivity index (χ0) is 16.2. The van der Waals surface area contributed by atoms with Gasteiger partial charge >= 0.3 is 0 Å². The van der Waals surface area contributed by atoms with Gasteiger partial charge in [0.2, 0.25) is 0 Å². The van der Waals surface area contributed by atoms with Crippen LogP contribution in [0.5, 0.6) is 0 Å². The maximum atomic E-state index is 4.63. The molecule has 0 fully saturated rings. The molecule has 0 radical (unpaired) electrons. The highest BCUT2D eigenvalue weighted by atomic mass is 15.3. The van der Waals surface area contributed by atoms with Gasteiger partial charge in [-0.2, -0.15) is 0 Å². The quantitative estimate of drug-likeness (QED) is 0.833. The first-order valence-corrected chi connectivity index (χ1v) is 8.33. The Bertz CT molecular complexity index is 675. The van der Waals surface area contributed by atoms with Gasteiger partial charge in [0.05, 0.1) is 13.1 Å². The van der Waals surface area contributed by atoms with Crippen molar-refractivity contribution in [2.24, 2.45) is 9.98 Å². The summed E-state index contributed by atoms with van der Waals surface area (Å²) in [5.41, 5.74) is 1.91. The molecule has 6 heteroatoms. The van der Waals surface area contributed by atoms with E-state index in [9.17, 15) is 0 Å². The van der Waals surface area contributed by atoms with Crippen molar-refractivity contribution in [2.75, 3.05) is 39.3 Å². The zero-order valence-electron chi connectivity index (χ0n) is 13.5. The summed E-state index contributed by atoms with van der Waals surface area (Å²) in [6.07, 6.45) is 3.64. The molecule has 0 N–H and O–H groups in total. The van der Waals surface area contributed by atoms with Gasteiger partial charge in [0.1, 0.15) is 23.1 Å². The van der Waals surface area contributed by atoms with Gasteiger partial charge in [0, 0.05) is 38.6 Å². The average molecular weight is 320 g/mol. The lowest BCUT2D eigenvalue weighted by atomic mass is 10.3. The summed E-state index contributed by atoms with van der Waals surface area (Å²) in [6, 6.07) is 11.9. The fourth-order valence-electron chi connectivity index (χ4n) is 3.12. The minimum Gasteiger partial charge on any atom is -0.351 e. The van der Waals surface area contributed by atoms with Crippen LogP contribution in [-0.4, -0.2) is 70.7 Å². The predicted octanol–water partition coefficient (Wildman–Crippen LogP) is 1.30. The van der Waals surface area contributed by atoms with Crippen molar-refractivity contribution in [3.63, 3.8) is 0 Å². The van der Waals surface area contributed by atoms with Crippen LogP contribution in [0.25, 0.3) is 0 Å². The molecule has 0 atom stereocenters. The van der Waals surface area contributed by atoms with Crippen LogP contribution in [0.4, 0.5) is 0 Å². The van der Waals surface area contributed by atoms with Crippen molar-refractivity contribution in [1.29, 1.82) is 0 Å². The Balaban J connectivity index is 1.42. The zero-order valence-corrected chi connectivity index (χ0v) is 13.5. The van der Waals surface area contributed by atoms with E-state index in [0.717, 1.165) is 62.3 Å². The number of aliphatic imine (C=N–C) groups is 2. The molecule has 2 aromatic heterocycles. The summed E-state index contributed by atoms with van der Waals surface area (Å²) >= 11 is 0. The van der Waals surface area contributed by atoms with Gasteiger partial charge in [0.25, 0.3) is 0 Å². The SMILES string of the molecule is c1ccc(C2=NCCN2CCN2CCN=C2c2ccccn2)nc1. The van der Waals surface area contributed by atoms with E-state index in [1.165, 1.54) is 0 Å². The van der Waals surface area contributed by atoms with Gasteiger partial charge in [0.15, 0.2) is 0 Å². The van der Waals surface area contributed by atoms with Crippen molar-refractivity contribution in [3.8, 4) is 0 Å². The number of aromatic nitrogens is 2. The number of hydrogen-bond donors (Lipinski definition) is 0. The smallest absolute Gasteiger partial charge is 0.150 e. The van der Waals surface area contributed by atoms with Gasteiger partial charge in [-0.1, -0.05) is 12.1 Å². The van der Waals surface area contributed by atoms with Crippen LogP contribution in [0.3, 0.4) is 0 Å². The molecule has 0 saturated carbocycles. The number of amidine groups is 2. The topological polar surface area (TPSA) is 57.0 Å². The maximum Gasteiger partial charge on any atom is 0.150 e. The second-order valence-corrected chi connectivity index (χ2v) is 5.81. The summed E-state index contributed by atoms with van der Waals surface area (Å²) in [6.45, 7) is 5.42. The van der Waals surface area contributed by atoms with E-state index < -0.39 is 0 Å². The van der Waals surface area contributed by atoms with Crippen LogP contribution >= 0.6 is 0 Å². The van der Waals surface area contributed by atoms with E-state index in [4.69, 9.17) is 0 Å². The van der Waals surface area contributed by atoms with Crippen LogP contribution in [0.2, 0.25) is 0 Å². The molecule has 0 unspecified atom stereocenters. The molecule has 0 saturated heterocycles. The van der Waals surface area contributed by atoms with E-state index in [1.54, 1.807) is 0 Å². The molecule has 2 aliphatic rings. The minimum atomic E-state index is 0.840. The van der Waals surface area contributed by atoms with Crippen LogP contribution in [-0.2, 0) is 0 Å². The van der Waals surface area contributed by atoms with Gasteiger partial charge in [-0.05, 0) is 24.3 Å². The summed E-state index contributed by atoms with van der Waals surface area (Å²) in [5.74, 6) is 2.01. The summed E-state index contributed by atoms with van der Waals surface area (Å²) in [7, 11) is 0. The Morgan fingerprint density at radius 2 is 1.21 bits per heavy atom. The third kappa shape index (κ3) is 2.99. The average Bonchev–Trinajstić information content (AvgIpc) is 3.30. The molecule has 6 nitrogen and oxygen atoms in total. The van der Waals surface area contributed by atoms with E-state index in [1.807, 2.05) is 48.8 Å². The first-order valence-electron chi connectivity index (χ1n) is 8.33. The van der Waals surface area contributed by atoms with Crippen molar-refractivity contribution < 1.29 is 0 Å². The molecular weight excluding hydrogens is 300 g/mol. The van der Waals surface area contributed by atoms with Crippen molar-refractivity contribution >= 4 is 11.7 Å². The summed E-state index contributed by atoms with van der Waals surface area (Å²) in [5, 5.41) is 0. The fourth-order valence-corrected chi connectivity index (χ4v) is 3.12. The third-order valence-corrected chi connectivity index (χ3v) is 4.29. The number of hydrogen-bond acceptors (Lipinski definition) is 6. The first kappa shape index (κ1) is 14.8. The largest absolute Gasteiger partial charge is 0.351 e. The second kappa shape index (κ2) is 6.78. The molecule has 2 aliphatic heterocycles. The van der Waals surface area contributed by atoms with Crippen LogP contribution in [0.1, 0.15) is 11.4 Å². The Labute approximate surface area is 141 Å². The lowest BCUT2D eigenvalue weighted by Gasteiger charge is -2.25. The lowest BCUT2D eigenvalue weighted by Crippen LogP contribution is -2.39. The molecule has 0 spiro atoms. The van der Waals surface area contributed by atoms with E-state index >= 15 is 0 Å². The second-order valence-electron chi connectivity index (χ2n) is 5.81. The summed E-state index contributed by atoms with van der Waals surface area (Å²) < 4.78 is 0. The standard InChI is InChI=1S/C18H20N6/c1-3-7-19-15(5-1)17-21-9-11-23(17)13-14-24-12-10-22-18(24)16-6-2-4-8-20-16/h1-8H,9-14H2. The van der Waals surface area contributed by atoms with Crippen LogP contribution in [0, 0.1) is 0 Å². The van der Waals surface area contributed by atoms with E-state index in [0.29, 0.717) is 0 Å². The minimum absolute atomic E-state index is 0.840. The number of rotatable bonds is 5. The van der Waals surface area contributed by atoms with Gasteiger partial charge in [-0.15, -0.1) is 0 Å². The molecule has 0 amide bonds. The lowest BCUT2D eigenvalue weighted by molar-refractivity contribution is 0.370. The van der Waals surface area contributed by atoms with Gasteiger partial charge in [-0.25, -0.2) is 0 Å². The fraction of sp³-hybridized carbons (Fsp3) is 0.333. The van der Waals surface area contributed by atoms with Crippen molar-refractivity contribution in [1.82, 2.24) is 19.8 Å². The molecule has 24 heavy (non-hydrogen) atoms.